The molecule has 0 amide bonds. The van der Waals surface area contributed by atoms with Crippen LogP contribution in [-0.2, 0) is 10.0 Å². The fourth-order valence-corrected chi connectivity index (χ4v) is 4.24. The Morgan fingerprint density at radius 3 is 2.50 bits per heavy atom. The summed E-state index contributed by atoms with van der Waals surface area (Å²) in [4.78, 5) is 0. The van der Waals surface area contributed by atoms with Crippen LogP contribution in [0.2, 0.25) is 0 Å². The average Bonchev–Trinajstić information content (AvgIpc) is 2.27. The van der Waals surface area contributed by atoms with Crippen LogP contribution in [-0.4, -0.2) is 34.8 Å². The first kappa shape index (κ1) is 12.3. The highest BCUT2D eigenvalue weighted by atomic mass is 32.3. The Morgan fingerprint density at radius 1 is 1.43 bits per heavy atom. The normalized spacial score (nSPS) is 28.9. The summed E-state index contributed by atoms with van der Waals surface area (Å²) in [7, 11) is -5.70. The molecule has 0 radical (unpaired) electrons. The monoisotopic (exact) mass is 243 g/mol. The summed E-state index contributed by atoms with van der Waals surface area (Å²) in [6.45, 7) is 0. The van der Waals surface area contributed by atoms with Gasteiger partial charge in [-0.25, -0.2) is 13.6 Å². The van der Waals surface area contributed by atoms with Crippen molar-refractivity contribution in [1.82, 2.24) is 0 Å². The molecular formula is C7H17NO4S2. The zero-order valence-corrected chi connectivity index (χ0v) is 9.56. The zero-order chi connectivity index (χ0) is 10.8. The molecule has 1 atom stereocenters. The molecular weight excluding hydrogens is 226 g/mol. The Bertz CT molecular complexity index is 288. The summed E-state index contributed by atoms with van der Waals surface area (Å²) < 4.78 is 39.9. The van der Waals surface area contributed by atoms with E-state index in [2.05, 4.69) is 0 Å². The fourth-order valence-electron chi connectivity index (χ4n) is 1.70. The van der Waals surface area contributed by atoms with E-state index < -0.39 is 20.6 Å². The van der Waals surface area contributed by atoms with Gasteiger partial charge in [-0.05, 0) is 25.2 Å². The Hall–Kier alpha value is 0.180. The first-order chi connectivity index (χ1) is 6.29. The minimum atomic E-state index is -3.36. The van der Waals surface area contributed by atoms with E-state index in [9.17, 15) is 17.5 Å². The van der Waals surface area contributed by atoms with Gasteiger partial charge in [0.05, 0.1) is 5.75 Å². The maximum atomic E-state index is 10.6. The average molecular weight is 243 g/mol. The molecule has 0 spiro atoms. The van der Waals surface area contributed by atoms with E-state index in [4.69, 9.17) is 5.14 Å². The Morgan fingerprint density at radius 2 is 2.07 bits per heavy atom. The molecule has 0 saturated carbocycles. The predicted molar refractivity (Wildman–Crippen MR) is 57.9 cm³/mol. The number of hydrogen-bond donors (Lipinski definition) is 3. The third-order valence-corrected chi connectivity index (χ3v) is 5.15. The zero-order valence-electron chi connectivity index (χ0n) is 7.92. The third kappa shape index (κ3) is 4.61. The van der Waals surface area contributed by atoms with Gasteiger partial charge < -0.3 is 0 Å². The van der Waals surface area contributed by atoms with Gasteiger partial charge in [-0.2, -0.15) is 10.6 Å². The molecule has 5 nitrogen and oxygen atoms in total. The molecule has 1 aliphatic rings. The summed E-state index contributed by atoms with van der Waals surface area (Å²) in [6, 6.07) is 0. The standard InChI is InChI=1S/C7H17NO4S2/c8-14(11,12)4-1-2-7-3-5-13(9,10)6-7/h7,9-10H,1-6H2,(H2,8,11,12). The molecule has 1 heterocycles. The largest absolute Gasteiger partial charge is 0.299 e. The highest BCUT2D eigenvalue weighted by molar-refractivity contribution is 8.24. The fraction of sp³-hybridized carbons (Fsp3) is 1.00. The quantitative estimate of drug-likeness (QED) is 0.680. The van der Waals surface area contributed by atoms with Gasteiger partial charge in [0.2, 0.25) is 10.0 Å². The van der Waals surface area contributed by atoms with Crippen molar-refractivity contribution in [3.63, 3.8) is 0 Å². The van der Waals surface area contributed by atoms with Crippen LogP contribution in [0.25, 0.3) is 0 Å². The highest BCUT2D eigenvalue weighted by Crippen LogP contribution is 2.49. The number of nitrogens with two attached hydrogens (primary N) is 1. The topological polar surface area (TPSA) is 101 Å². The molecule has 0 bridgehead atoms. The summed E-state index contributed by atoms with van der Waals surface area (Å²) in [6.07, 6.45) is 2.01. The maximum Gasteiger partial charge on any atom is 0.209 e. The highest BCUT2D eigenvalue weighted by Gasteiger charge is 2.27. The van der Waals surface area contributed by atoms with E-state index in [0.29, 0.717) is 24.3 Å². The molecule has 14 heavy (non-hydrogen) atoms. The summed E-state index contributed by atoms with van der Waals surface area (Å²) in [5, 5.41) is 4.85. The molecule has 7 heteroatoms. The van der Waals surface area contributed by atoms with E-state index in [1.807, 2.05) is 0 Å². The van der Waals surface area contributed by atoms with Crippen molar-refractivity contribution in [3.8, 4) is 0 Å². The second-order valence-corrected chi connectivity index (χ2v) is 7.92. The van der Waals surface area contributed by atoms with Crippen LogP contribution < -0.4 is 5.14 Å². The van der Waals surface area contributed by atoms with Crippen LogP contribution >= 0.6 is 10.6 Å². The van der Waals surface area contributed by atoms with Crippen LogP contribution in [0.5, 0.6) is 0 Å². The van der Waals surface area contributed by atoms with Gasteiger partial charge >= 0.3 is 0 Å². The lowest BCUT2D eigenvalue weighted by Crippen LogP contribution is -2.17. The molecule has 1 unspecified atom stereocenters. The van der Waals surface area contributed by atoms with Crippen molar-refractivity contribution < 1.29 is 17.5 Å². The van der Waals surface area contributed by atoms with Crippen molar-refractivity contribution in [1.29, 1.82) is 0 Å². The maximum absolute atomic E-state index is 10.6. The molecule has 0 aromatic heterocycles. The number of sulfonamides is 1. The van der Waals surface area contributed by atoms with E-state index >= 15 is 0 Å². The lowest BCUT2D eigenvalue weighted by molar-refractivity contribution is 0.487. The SMILES string of the molecule is NS(=O)(=O)CCCC1CCS(O)(O)C1. The minimum Gasteiger partial charge on any atom is -0.299 e. The van der Waals surface area contributed by atoms with E-state index in [1.54, 1.807) is 0 Å². The Balaban J connectivity index is 2.22. The van der Waals surface area contributed by atoms with Crippen LogP contribution in [0, 0.1) is 5.92 Å². The number of hydrogen-bond acceptors (Lipinski definition) is 4. The van der Waals surface area contributed by atoms with Crippen molar-refractivity contribution in [2.24, 2.45) is 11.1 Å². The second kappa shape index (κ2) is 4.36. The molecule has 0 aliphatic carbocycles. The molecule has 0 aromatic carbocycles. The predicted octanol–water partition coefficient (Wildman–Crippen LogP) is 0.826. The number of primary sulfonamides is 1. The molecule has 1 aliphatic heterocycles. The van der Waals surface area contributed by atoms with Gasteiger partial charge in [-0.15, -0.1) is 0 Å². The third-order valence-electron chi connectivity index (χ3n) is 2.40. The van der Waals surface area contributed by atoms with Gasteiger partial charge in [0, 0.05) is 11.5 Å². The summed E-state index contributed by atoms with van der Waals surface area (Å²) >= 11 is 0. The van der Waals surface area contributed by atoms with Gasteiger partial charge in [0.15, 0.2) is 0 Å². The van der Waals surface area contributed by atoms with E-state index in [-0.39, 0.29) is 11.7 Å². The Kier molecular flexibility index (Phi) is 3.81. The molecule has 4 N–H and O–H groups in total. The minimum absolute atomic E-state index is 0.0112. The lowest BCUT2D eigenvalue weighted by atomic mass is 10.0. The Labute approximate surface area is 86.1 Å². The summed E-state index contributed by atoms with van der Waals surface area (Å²) in [5.74, 6) is 1.13. The van der Waals surface area contributed by atoms with Crippen LogP contribution in [0.3, 0.4) is 0 Å². The first-order valence-corrected chi connectivity index (χ1v) is 8.13. The van der Waals surface area contributed by atoms with Gasteiger partial charge in [0.25, 0.3) is 0 Å². The molecule has 86 valence electrons. The van der Waals surface area contributed by atoms with Crippen LogP contribution in [0.4, 0.5) is 0 Å². The second-order valence-electron chi connectivity index (χ2n) is 3.84. The van der Waals surface area contributed by atoms with E-state index in [1.165, 1.54) is 0 Å². The van der Waals surface area contributed by atoms with Crippen molar-refractivity contribution in [2.75, 3.05) is 17.3 Å². The van der Waals surface area contributed by atoms with Crippen molar-refractivity contribution >= 4 is 20.6 Å². The number of rotatable bonds is 4. The van der Waals surface area contributed by atoms with Gasteiger partial charge in [0.1, 0.15) is 0 Å². The van der Waals surface area contributed by atoms with Crippen molar-refractivity contribution in [3.05, 3.63) is 0 Å². The smallest absolute Gasteiger partial charge is 0.209 e. The van der Waals surface area contributed by atoms with Gasteiger partial charge in [-0.1, -0.05) is 0 Å². The van der Waals surface area contributed by atoms with Crippen LogP contribution in [0.15, 0.2) is 0 Å². The van der Waals surface area contributed by atoms with Crippen molar-refractivity contribution in [2.45, 2.75) is 19.3 Å². The first-order valence-electron chi connectivity index (χ1n) is 4.52. The molecule has 0 aromatic rings. The van der Waals surface area contributed by atoms with E-state index in [0.717, 1.165) is 6.42 Å². The molecule has 1 fully saturated rings. The summed E-state index contributed by atoms with van der Waals surface area (Å²) in [5.41, 5.74) is 0. The van der Waals surface area contributed by atoms with Crippen LogP contribution in [0.1, 0.15) is 19.3 Å². The van der Waals surface area contributed by atoms with Gasteiger partial charge in [-0.3, -0.25) is 9.11 Å². The molecule has 1 saturated heterocycles. The lowest BCUT2D eigenvalue weighted by Gasteiger charge is -2.26. The molecule has 1 rings (SSSR count).